The van der Waals surface area contributed by atoms with E-state index in [1.165, 1.54) is 0 Å². The molecule has 3 N–H and O–H groups in total. The molecule has 1 aliphatic heterocycles. The number of amides is 2. The van der Waals surface area contributed by atoms with Crippen LogP contribution in [0.15, 0.2) is 30.3 Å². The highest BCUT2D eigenvalue weighted by molar-refractivity contribution is 5.85. The Morgan fingerprint density at radius 3 is 2.38 bits per heavy atom. The summed E-state index contributed by atoms with van der Waals surface area (Å²) in [6.07, 6.45) is 3.62. The first-order chi connectivity index (χ1) is 12.0. The SMILES string of the molecule is CCC(C(=O)N1CCC(NC(=O)CCC(C)N)CC1)c1ccccc1.Cl. The summed E-state index contributed by atoms with van der Waals surface area (Å²) in [6.45, 7) is 5.38. The van der Waals surface area contributed by atoms with Crippen LogP contribution in [-0.4, -0.2) is 41.9 Å². The Kier molecular flexibility index (Phi) is 9.66. The molecule has 2 amide bonds. The second-order valence-electron chi connectivity index (χ2n) is 7.05. The van der Waals surface area contributed by atoms with E-state index in [2.05, 4.69) is 12.2 Å². The molecule has 0 aliphatic carbocycles. The second-order valence-corrected chi connectivity index (χ2v) is 7.05. The van der Waals surface area contributed by atoms with E-state index in [1.807, 2.05) is 42.2 Å². The van der Waals surface area contributed by atoms with E-state index in [4.69, 9.17) is 5.73 Å². The largest absolute Gasteiger partial charge is 0.353 e. The van der Waals surface area contributed by atoms with Crippen LogP contribution < -0.4 is 11.1 Å². The van der Waals surface area contributed by atoms with Crippen LogP contribution in [0.5, 0.6) is 0 Å². The van der Waals surface area contributed by atoms with E-state index in [0.29, 0.717) is 25.9 Å². The van der Waals surface area contributed by atoms with Crippen LogP contribution in [0.1, 0.15) is 57.4 Å². The molecule has 0 spiro atoms. The number of nitrogens with two attached hydrogens (primary N) is 1. The number of carbonyl (C=O) groups excluding carboxylic acids is 2. The maximum Gasteiger partial charge on any atom is 0.230 e. The van der Waals surface area contributed by atoms with Crippen LogP contribution in [0.3, 0.4) is 0 Å². The molecular weight excluding hydrogens is 350 g/mol. The van der Waals surface area contributed by atoms with Crippen molar-refractivity contribution in [1.82, 2.24) is 10.2 Å². The van der Waals surface area contributed by atoms with Crippen LogP contribution in [0.2, 0.25) is 0 Å². The predicted octanol–water partition coefficient (Wildman–Crippen LogP) is 2.84. The van der Waals surface area contributed by atoms with Gasteiger partial charge < -0.3 is 16.0 Å². The fourth-order valence-electron chi connectivity index (χ4n) is 3.36. The second kappa shape index (κ2) is 11.2. The normalized spacial score (nSPS) is 17.1. The van der Waals surface area contributed by atoms with Gasteiger partial charge >= 0.3 is 0 Å². The lowest BCUT2D eigenvalue weighted by atomic mass is 9.93. The smallest absolute Gasteiger partial charge is 0.230 e. The molecule has 1 aliphatic rings. The van der Waals surface area contributed by atoms with Crippen molar-refractivity contribution in [3.63, 3.8) is 0 Å². The highest BCUT2D eigenvalue weighted by Gasteiger charge is 2.28. The number of nitrogens with zero attached hydrogens (tertiary/aromatic N) is 1. The molecule has 2 unspecified atom stereocenters. The van der Waals surface area contributed by atoms with Crippen LogP contribution in [0, 0.1) is 0 Å². The van der Waals surface area contributed by atoms with Gasteiger partial charge in [0.25, 0.3) is 0 Å². The number of benzene rings is 1. The number of hydrogen-bond donors (Lipinski definition) is 2. The zero-order valence-electron chi connectivity index (χ0n) is 15.8. The minimum atomic E-state index is -0.0709. The summed E-state index contributed by atoms with van der Waals surface area (Å²) in [5.41, 5.74) is 6.78. The average Bonchev–Trinajstić information content (AvgIpc) is 2.62. The quantitative estimate of drug-likeness (QED) is 0.762. The number of halogens is 1. The molecule has 2 rings (SSSR count). The van der Waals surface area contributed by atoms with Gasteiger partial charge in [0.1, 0.15) is 0 Å². The maximum absolute atomic E-state index is 12.9. The molecule has 1 aromatic rings. The van der Waals surface area contributed by atoms with Gasteiger partial charge in [-0.25, -0.2) is 0 Å². The zero-order chi connectivity index (χ0) is 18.2. The topological polar surface area (TPSA) is 75.4 Å². The number of carbonyl (C=O) groups is 2. The van der Waals surface area contributed by atoms with Crippen molar-refractivity contribution in [2.75, 3.05) is 13.1 Å². The molecule has 26 heavy (non-hydrogen) atoms. The predicted molar refractivity (Wildman–Crippen MR) is 107 cm³/mol. The third kappa shape index (κ3) is 6.61. The molecule has 2 atom stereocenters. The van der Waals surface area contributed by atoms with E-state index in [9.17, 15) is 9.59 Å². The van der Waals surface area contributed by atoms with Crippen molar-refractivity contribution < 1.29 is 9.59 Å². The lowest BCUT2D eigenvalue weighted by Crippen LogP contribution is -2.47. The first-order valence-corrected chi connectivity index (χ1v) is 9.40. The van der Waals surface area contributed by atoms with Gasteiger partial charge in [-0.1, -0.05) is 37.3 Å². The Balaban J connectivity index is 0.00000338. The van der Waals surface area contributed by atoms with Gasteiger partial charge in [-0.3, -0.25) is 9.59 Å². The molecule has 5 nitrogen and oxygen atoms in total. The highest BCUT2D eigenvalue weighted by Crippen LogP contribution is 2.24. The van der Waals surface area contributed by atoms with Gasteiger partial charge in [0.2, 0.25) is 11.8 Å². The third-order valence-corrected chi connectivity index (χ3v) is 4.91. The zero-order valence-corrected chi connectivity index (χ0v) is 16.6. The number of hydrogen-bond acceptors (Lipinski definition) is 3. The summed E-state index contributed by atoms with van der Waals surface area (Å²) < 4.78 is 0. The third-order valence-electron chi connectivity index (χ3n) is 4.91. The molecular formula is C20H32ClN3O2. The summed E-state index contributed by atoms with van der Waals surface area (Å²) in [5, 5.41) is 3.08. The standard InChI is InChI=1S/C20H31N3O2.ClH/c1-3-18(16-7-5-4-6-8-16)20(25)23-13-11-17(12-14-23)22-19(24)10-9-15(2)21;/h4-8,15,17-18H,3,9-14,21H2,1-2H3,(H,22,24);1H. The monoisotopic (exact) mass is 381 g/mol. The van der Waals surface area contributed by atoms with Crippen molar-refractivity contribution in [1.29, 1.82) is 0 Å². The first-order valence-electron chi connectivity index (χ1n) is 9.40. The highest BCUT2D eigenvalue weighted by atomic mass is 35.5. The Morgan fingerprint density at radius 2 is 1.85 bits per heavy atom. The van der Waals surface area contributed by atoms with E-state index in [-0.39, 0.29) is 42.2 Å². The van der Waals surface area contributed by atoms with Crippen LogP contribution in [0.25, 0.3) is 0 Å². The summed E-state index contributed by atoms with van der Waals surface area (Å²) in [4.78, 5) is 26.7. The minimum absolute atomic E-state index is 0. The van der Waals surface area contributed by atoms with Gasteiger partial charge in [-0.15, -0.1) is 12.4 Å². The molecule has 1 aromatic carbocycles. The van der Waals surface area contributed by atoms with Crippen LogP contribution >= 0.6 is 12.4 Å². The molecule has 1 fully saturated rings. The van der Waals surface area contributed by atoms with Gasteiger partial charge in [0.05, 0.1) is 5.92 Å². The van der Waals surface area contributed by atoms with Gasteiger partial charge in [0, 0.05) is 31.6 Å². The number of likely N-dealkylation sites (tertiary alicyclic amines) is 1. The molecule has 0 aromatic heterocycles. The average molecular weight is 382 g/mol. The lowest BCUT2D eigenvalue weighted by molar-refractivity contribution is -0.134. The van der Waals surface area contributed by atoms with Crippen LogP contribution in [0.4, 0.5) is 0 Å². The van der Waals surface area contributed by atoms with Crippen molar-refractivity contribution in [2.45, 2.75) is 64.0 Å². The maximum atomic E-state index is 12.9. The molecule has 1 saturated heterocycles. The van der Waals surface area contributed by atoms with E-state index in [0.717, 1.165) is 24.8 Å². The summed E-state index contributed by atoms with van der Waals surface area (Å²) in [5.74, 6) is 0.201. The Bertz CT molecular complexity index is 557. The van der Waals surface area contributed by atoms with Crippen LogP contribution in [-0.2, 0) is 9.59 Å². The van der Waals surface area contributed by atoms with E-state index in [1.54, 1.807) is 0 Å². The van der Waals surface area contributed by atoms with Crippen molar-refractivity contribution in [3.8, 4) is 0 Å². The number of piperidine rings is 1. The van der Waals surface area contributed by atoms with E-state index < -0.39 is 0 Å². The first kappa shape index (κ1) is 22.5. The Morgan fingerprint density at radius 1 is 1.23 bits per heavy atom. The van der Waals surface area contributed by atoms with Gasteiger partial charge in [-0.05, 0) is 38.2 Å². The van der Waals surface area contributed by atoms with Gasteiger partial charge in [-0.2, -0.15) is 0 Å². The fraction of sp³-hybridized carbons (Fsp3) is 0.600. The molecule has 6 heteroatoms. The Hall–Kier alpha value is -1.59. The summed E-state index contributed by atoms with van der Waals surface area (Å²) in [7, 11) is 0. The summed E-state index contributed by atoms with van der Waals surface area (Å²) >= 11 is 0. The minimum Gasteiger partial charge on any atom is -0.353 e. The van der Waals surface area contributed by atoms with E-state index >= 15 is 0 Å². The molecule has 0 bridgehead atoms. The fourth-order valence-corrected chi connectivity index (χ4v) is 3.36. The number of rotatable bonds is 7. The molecule has 0 saturated carbocycles. The molecule has 146 valence electrons. The lowest BCUT2D eigenvalue weighted by Gasteiger charge is -2.34. The van der Waals surface area contributed by atoms with Gasteiger partial charge in [0.15, 0.2) is 0 Å². The van der Waals surface area contributed by atoms with Crippen molar-refractivity contribution in [2.24, 2.45) is 5.73 Å². The van der Waals surface area contributed by atoms with Crippen molar-refractivity contribution in [3.05, 3.63) is 35.9 Å². The van der Waals surface area contributed by atoms with Crippen molar-refractivity contribution >= 4 is 24.2 Å². The molecule has 0 radical (unpaired) electrons. The summed E-state index contributed by atoms with van der Waals surface area (Å²) in [6, 6.07) is 10.2. The number of nitrogens with one attached hydrogen (secondary N) is 1. The molecule has 1 heterocycles. The Labute approximate surface area is 163 Å².